The Morgan fingerprint density at radius 3 is 2.04 bits per heavy atom. The topological polar surface area (TPSA) is 147 Å². The van der Waals surface area contributed by atoms with Crippen molar-refractivity contribution in [3.05, 3.63) is 136 Å². The molecule has 4 aromatic rings. The molecule has 2 aliphatic heterocycles. The Morgan fingerprint density at radius 2 is 1.55 bits per heavy atom. The molecule has 0 saturated carbocycles. The van der Waals surface area contributed by atoms with Crippen LogP contribution in [0.15, 0.2) is 118 Å². The van der Waals surface area contributed by atoms with E-state index in [4.69, 9.17) is 9.57 Å². The largest absolute Gasteiger partial charge is 0.477 e. The summed E-state index contributed by atoms with van der Waals surface area (Å²) in [4.78, 5) is 62.7. The lowest BCUT2D eigenvalue weighted by molar-refractivity contribution is -0.150. The van der Waals surface area contributed by atoms with E-state index in [1.54, 1.807) is 10.9 Å². The Balaban J connectivity index is 1.35. The molecule has 0 aliphatic carbocycles. The number of thiazole rings is 1. The van der Waals surface area contributed by atoms with Gasteiger partial charge >= 0.3 is 11.9 Å². The van der Waals surface area contributed by atoms with E-state index in [-0.39, 0.29) is 29.5 Å². The third kappa shape index (κ3) is 6.14. The van der Waals surface area contributed by atoms with Crippen LogP contribution in [0, 0.1) is 0 Å². The lowest BCUT2D eigenvalue weighted by Crippen LogP contribution is -2.71. The van der Waals surface area contributed by atoms with E-state index in [0.717, 1.165) is 21.6 Å². The van der Waals surface area contributed by atoms with Gasteiger partial charge < -0.3 is 20.0 Å². The fraction of sp³-hybridized carbons (Fsp3) is 0.176. The Kier molecular flexibility index (Phi) is 9.18. The van der Waals surface area contributed by atoms with Crippen molar-refractivity contribution in [1.29, 1.82) is 0 Å². The highest BCUT2D eigenvalue weighted by atomic mass is 32.2. The number of carbonyl (C=O) groups excluding carboxylic acids is 3. The quantitative estimate of drug-likeness (QED) is 0.0791. The average molecular weight is 669 g/mol. The number of fused-ring (bicyclic) bond motifs is 1. The molecule has 1 saturated heterocycles. The fourth-order valence-electron chi connectivity index (χ4n) is 5.52. The van der Waals surface area contributed by atoms with Crippen LogP contribution >= 0.6 is 23.1 Å². The second-order valence-corrected chi connectivity index (χ2v) is 12.4. The third-order valence-corrected chi connectivity index (χ3v) is 9.62. The summed E-state index contributed by atoms with van der Waals surface area (Å²) in [5.41, 5.74) is 2.71. The van der Waals surface area contributed by atoms with Gasteiger partial charge in [0, 0.05) is 40.3 Å². The molecule has 2 amide bonds. The molecule has 1 fully saturated rings. The fourth-order valence-corrected chi connectivity index (χ4v) is 7.38. The van der Waals surface area contributed by atoms with Crippen LogP contribution in [0.3, 0.4) is 0 Å². The monoisotopic (exact) mass is 668 g/mol. The van der Waals surface area contributed by atoms with Crippen molar-refractivity contribution in [2.45, 2.75) is 23.9 Å². The van der Waals surface area contributed by atoms with E-state index in [2.05, 4.69) is 15.5 Å². The van der Waals surface area contributed by atoms with Crippen LogP contribution in [0.1, 0.15) is 29.3 Å². The standard InChI is InChI=1S/C34H28N4O7S2/c1-21(39)44-17-22-18-47-32-28(31(41)38(32)29(22)33(42)43)36-30(40)27(26-19-46-20-35-26)37-45-34(23-11-5-2-6-12-23,24-13-7-3-8-14-24)25-15-9-4-10-16-25/h2-16,19-20,28,32H,17-18H2,1H3,(H,36,40)(H,42,43)/t28-,32-/m1/s1. The van der Waals surface area contributed by atoms with Crippen LogP contribution in [0.5, 0.6) is 0 Å². The molecule has 2 atom stereocenters. The smallest absolute Gasteiger partial charge is 0.352 e. The average Bonchev–Trinajstić information content (AvgIpc) is 3.63. The summed E-state index contributed by atoms with van der Waals surface area (Å²) in [6.45, 7) is 0.969. The normalized spacial score (nSPS) is 17.8. The summed E-state index contributed by atoms with van der Waals surface area (Å²) in [7, 11) is 0. The number of thioether (sulfide) groups is 1. The van der Waals surface area contributed by atoms with Gasteiger partial charge in [0.05, 0.1) is 5.51 Å². The van der Waals surface area contributed by atoms with Gasteiger partial charge in [-0.1, -0.05) is 96.2 Å². The van der Waals surface area contributed by atoms with Crippen LogP contribution < -0.4 is 5.32 Å². The Labute approximate surface area is 277 Å². The first-order chi connectivity index (χ1) is 22.8. The number of amides is 2. The molecule has 2 N–H and O–H groups in total. The first-order valence-corrected chi connectivity index (χ1v) is 16.5. The molecule has 13 heteroatoms. The van der Waals surface area contributed by atoms with Gasteiger partial charge in [-0.05, 0) is 0 Å². The number of rotatable bonds is 11. The van der Waals surface area contributed by atoms with Gasteiger partial charge in [0.1, 0.15) is 29.4 Å². The van der Waals surface area contributed by atoms with E-state index in [1.165, 1.54) is 30.0 Å². The lowest BCUT2D eigenvalue weighted by atomic mass is 9.80. The number of nitrogens with zero attached hydrogens (tertiary/aromatic N) is 3. The zero-order valence-electron chi connectivity index (χ0n) is 24.9. The van der Waals surface area contributed by atoms with Gasteiger partial charge in [-0.3, -0.25) is 19.3 Å². The number of aliphatic carboxylic acids is 1. The van der Waals surface area contributed by atoms with Crippen LogP contribution in [-0.2, 0) is 34.4 Å². The number of nitrogens with one attached hydrogen (secondary N) is 1. The molecule has 6 rings (SSSR count). The van der Waals surface area contributed by atoms with E-state index in [0.29, 0.717) is 5.57 Å². The van der Waals surface area contributed by atoms with Crippen LogP contribution in [0.25, 0.3) is 0 Å². The molecule has 0 spiro atoms. The van der Waals surface area contributed by atoms with Gasteiger partial charge in [-0.25, -0.2) is 9.78 Å². The van der Waals surface area contributed by atoms with E-state index in [9.17, 15) is 24.3 Å². The van der Waals surface area contributed by atoms with Gasteiger partial charge in [0.25, 0.3) is 11.8 Å². The minimum atomic E-state index is -1.33. The van der Waals surface area contributed by atoms with Crippen LogP contribution in [0.2, 0.25) is 0 Å². The Bertz CT molecular complexity index is 1750. The molecule has 3 aromatic carbocycles. The zero-order chi connectivity index (χ0) is 33.0. The number of carboxylic acid groups (broad SMARTS) is 1. The summed E-state index contributed by atoms with van der Waals surface area (Å²) >= 11 is 2.52. The SMILES string of the molecule is CC(=O)OCC1=C(C(=O)O)N2C(=O)[C@@H](NC(=O)C(=NOC(c3ccccc3)(c3ccccc3)c3ccccc3)c3cscn3)[C@H]2SC1. The summed E-state index contributed by atoms with van der Waals surface area (Å²) < 4.78 is 5.00. The second-order valence-electron chi connectivity index (χ2n) is 10.6. The van der Waals surface area contributed by atoms with Crippen molar-refractivity contribution in [2.75, 3.05) is 12.4 Å². The number of carbonyl (C=O) groups is 4. The molecule has 3 heterocycles. The summed E-state index contributed by atoms with van der Waals surface area (Å²) in [6.07, 6.45) is 0. The number of benzene rings is 3. The third-order valence-electron chi connectivity index (χ3n) is 7.69. The van der Waals surface area contributed by atoms with Gasteiger partial charge in [0.2, 0.25) is 5.60 Å². The summed E-state index contributed by atoms with van der Waals surface area (Å²) in [5, 5.41) is 18.1. The van der Waals surface area contributed by atoms with Crippen molar-refractivity contribution in [1.82, 2.24) is 15.2 Å². The van der Waals surface area contributed by atoms with Crippen molar-refractivity contribution < 1.29 is 33.9 Å². The van der Waals surface area contributed by atoms with Crippen molar-refractivity contribution >= 4 is 52.6 Å². The second kappa shape index (κ2) is 13.6. The highest BCUT2D eigenvalue weighted by Crippen LogP contribution is 2.42. The van der Waals surface area contributed by atoms with E-state index < -0.39 is 40.8 Å². The van der Waals surface area contributed by atoms with E-state index >= 15 is 0 Å². The van der Waals surface area contributed by atoms with Crippen LogP contribution in [-0.4, -0.2) is 68.2 Å². The van der Waals surface area contributed by atoms with Crippen molar-refractivity contribution in [3.63, 3.8) is 0 Å². The van der Waals surface area contributed by atoms with E-state index in [1.807, 2.05) is 91.0 Å². The highest BCUT2D eigenvalue weighted by Gasteiger charge is 2.54. The number of β-lactam (4-membered cyclic amide) rings is 1. The zero-order valence-corrected chi connectivity index (χ0v) is 26.6. The number of hydrogen-bond acceptors (Lipinski definition) is 10. The molecule has 47 heavy (non-hydrogen) atoms. The molecular formula is C34H28N4O7S2. The van der Waals surface area contributed by atoms with Gasteiger partial charge in [-0.2, -0.15) is 0 Å². The number of oxime groups is 1. The summed E-state index contributed by atoms with van der Waals surface area (Å²) in [6, 6.07) is 27.5. The number of hydrogen-bond donors (Lipinski definition) is 2. The molecule has 0 radical (unpaired) electrons. The maximum Gasteiger partial charge on any atom is 0.352 e. The predicted octanol–water partition coefficient (Wildman–Crippen LogP) is 4.16. The van der Waals surface area contributed by atoms with Gasteiger partial charge in [-0.15, -0.1) is 23.1 Å². The number of esters is 1. The van der Waals surface area contributed by atoms with Crippen molar-refractivity contribution in [2.24, 2.45) is 5.16 Å². The molecule has 0 unspecified atom stereocenters. The Morgan fingerprint density at radius 1 is 0.979 bits per heavy atom. The maximum absolute atomic E-state index is 13.9. The maximum atomic E-state index is 13.9. The predicted molar refractivity (Wildman–Crippen MR) is 175 cm³/mol. The Hall–Kier alpha value is -5.27. The van der Waals surface area contributed by atoms with Crippen molar-refractivity contribution in [3.8, 4) is 0 Å². The number of aromatic nitrogens is 1. The minimum Gasteiger partial charge on any atom is -0.477 e. The molecule has 0 bridgehead atoms. The first-order valence-electron chi connectivity index (χ1n) is 14.5. The van der Waals surface area contributed by atoms with Crippen LogP contribution in [0.4, 0.5) is 0 Å². The lowest BCUT2D eigenvalue weighted by Gasteiger charge is -2.49. The minimum absolute atomic E-state index is 0.157. The first kappa shape index (κ1) is 31.7. The highest BCUT2D eigenvalue weighted by molar-refractivity contribution is 8.00. The van der Waals surface area contributed by atoms with Gasteiger partial charge in [0.15, 0.2) is 5.71 Å². The summed E-state index contributed by atoms with van der Waals surface area (Å²) in [5.74, 6) is -3.03. The molecular weight excluding hydrogens is 641 g/mol. The molecule has 11 nitrogen and oxygen atoms in total. The molecule has 1 aromatic heterocycles. The number of ether oxygens (including phenoxy) is 1. The number of carboxylic acids is 1. The molecule has 2 aliphatic rings. The molecule has 238 valence electrons.